The summed E-state index contributed by atoms with van der Waals surface area (Å²) in [5.41, 5.74) is 1.11. The van der Waals surface area contributed by atoms with Gasteiger partial charge in [-0.3, -0.25) is 9.69 Å². The third kappa shape index (κ3) is 2.72. The van der Waals surface area contributed by atoms with Crippen LogP contribution in [-0.4, -0.2) is 80.8 Å². The molecule has 1 aromatic heterocycles. The summed E-state index contributed by atoms with van der Waals surface area (Å²) in [6.45, 7) is 5.93. The predicted molar refractivity (Wildman–Crippen MR) is 99.8 cm³/mol. The van der Waals surface area contributed by atoms with E-state index in [1.54, 1.807) is 11.3 Å². The van der Waals surface area contributed by atoms with E-state index >= 15 is 0 Å². The van der Waals surface area contributed by atoms with Gasteiger partial charge in [0.2, 0.25) is 0 Å². The zero-order valence-corrected chi connectivity index (χ0v) is 16.1. The van der Waals surface area contributed by atoms with E-state index in [2.05, 4.69) is 23.3 Å². The van der Waals surface area contributed by atoms with Gasteiger partial charge in [-0.25, -0.2) is 0 Å². The number of piperidine rings is 1. The highest BCUT2D eigenvalue weighted by Crippen LogP contribution is 2.43. The van der Waals surface area contributed by atoms with E-state index in [-0.39, 0.29) is 17.6 Å². The van der Waals surface area contributed by atoms with Crippen molar-refractivity contribution in [2.75, 3.05) is 53.0 Å². The highest BCUT2D eigenvalue weighted by Gasteiger charge is 2.43. The Balaban J connectivity index is 1.39. The van der Waals surface area contributed by atoms with Gasteiger partial charge in [0.25, 0.3) is 5.91 Å². The highest BCUT2D eigenvalue weighted by atomic mass is 32.1. The van der Waals surface area contributed by atoms with Gasteiger partial charge >= 0.3 is 0 Å². The van der Waals surface area contributed by atoms with Crippen molar-refractivity contribution in [1.29, 1.82) is 0 Å². The number of fused-ring (bicyclic) bond motifs is 3. The molecule has 0 aromatic carbocycles. The number of likely N-dealkylation sites (tertiary alicyclic amines) is 1. The minimum atomic E-state index is -0.170. The molecule has 2 atom stereocenters. The van der Waals surface area contributed by atoms with Crippen molar-refractivity contribution in [1.82, 2.24) is 15.1 Å². The molecule has 3 fully saturated rings. The lowest BCUT2D eigenvalue weighted by atomic mass is 9.83. The van der Waals surface area contributed by atoms with Crippen molar-refractivity contribution < 1.29 is 14.3 Å². The molecule has 26 heavy (non-hydrogen) atoms. The fourth-order valence-electron chi connectivity index (χ4n) is 4.95. The van der Waals surface area contributed by atoms with Crippen molar-refractivity contribution >= 4 is 17.2 Å². The molecule has 5 heterocycles. The second-order valence-electron chi connectivity index (χ2n) is 7.96. The maximum absolute atomic E-state index is 13.2. The third-order valence-corrected chi connectivity index (χ3v) is 7.68. The molecule has 1 spiro atoms. The second-order valence-corrected chi connectivity index (χ2v) is 9.09. The smallest absolute Gasteiger partial charge is 0.264 e. The SMILES string of the molecule is CN1CCO[C@H]2CN(C(=O)c3cc4c(s3)CCOC43CCNCC3)C[C@@H]21. The number of carbonyl (C=O) groups is 1. The van der Waals surface area contributed by atoms with Crippen LogP contribution in [0.15, 0.2) is 6.07 Å². The van der Waals surface area contributed by atoms with E-state index in [0.717, 1.165) is 63.5 Å². The zero-order chi connectivity index (χ0) is 17.7. The van der Waals surface area contributed by atoms with Crippen molar-refractivity contribution in [2.45, 2.75) is 37.0 Å². The Morgan fingerprint density at radius 2 is 2.15 bits per heavy atom. The Hall–Kier alpha value is -0.990. The lowest BCUT2D eigenvalue weighted by Crippen LogP contribution is -2.48. The minimum Gasteiger partial charge on any atom is -0.373 e. The Kier molecular flexibility index (Phi) is 4.32. The number of ether oxygens (including phenoxy) is 2. The van der Waals surface area contributed by atoms with E-state index in [0.29, 0.717) is 12.6 Å². The van der Waals surface area contributed by atoms with Crippen LogP contribution in [0.1, 0.15) is 33.0 Å². The van der Waals surface area contributed by atoms with Gasteiger partial charge in [-0.15, -0.1) is 11.3 Å². The maximum atomic E-state index is 13.2. The average Bonchev–Trinajstić information content (AvgIpc) is 3.28. The van der Waals surface area contributed by atoms with Gasteiger partial charge in [0.15, 0.2) is 0 Å². The summed E-state index contributed by atoms with van der Waals surface area (Å²) >= 11 is 1.69. The Morgan fingerprint density at radius 3 is 2.96 bits per heavy atom. The van der Waals surface area contributed by atoms with Gasteiger partial charge in [0.1, 0.15) is 0 Å². The topological polar surface area (TPSA) is 54.0 Å². The predicted octanol–water partition coefficient (Wildman–Crippen LogP) is 1.05. The molecule has 5 rings (SSSR count). The van der Waals surface area contributed by atoms with Crippen molar-refractivity contribution in [3.63, 3.8) is 0 Å². The first-order valence-electron chi connectivity index (χ1n) is 9.75. The van der Waals surface area contributed by atoms with Gasteiger partial charge in [-0.2, -0.15) is 0 Å². The van der Waals surface area contributed by atoms with Crippen molar-refractivity contribution in [2.24, 2.45) is 0 Å². The number of nitrogens with one attached hydrogen (secondary N) is 1. The van der Waals surface area contributed by atoms with Gasteiger partial charge < -0.3 is 19.7 Å². The van der Waals surface area contributed by atoms with Crippen LogP contribution in [0.5, 0.6) is 0 Å². The molecule has 0 bridgehead atoms. The molecular weight excluding hydrogens is 350 g/mol. The summed E-state index contributed by atoms with van der Waals surface area (Å²) in [6.07, 6.45) is 3.08. The van der Waals surface area contributed by atoms with E-state index in [1.165, 1.54) is 10.4 Å². The number of rotatable bonds is 1. The number of morpholine rings is 1. The molecule has 0 unspecified atom stereocenters. The molecule has 4 aliphatic heterocycles. The molecule has 1 N–H and O–H groups in total. The van der Waals surface area contributed by atoms with Crippen LogP contribution in [-0.2, 0) is 21.5 Å². The van der Waals surface area contributed by atoms with Crippen molar-refractivity contribution in [3.05, 3.63) is 21.4 Å². The summed E-state index contributed by atoms with van der Waals surface area (Å²) in [5, 5.41) is 3.42. The monoisotopic (exact) mass is 377 g/mol. The van der Waals surface area contributed by atoms with Crippen LogP contribution in [0, 0.1) is 0 Å². The standard InChI is InChI=1S/C19H27N3O3S/c1-21-7-9-24-15-12-22(11-14(15)21)18(23)17-10-13-16(26-17)2-8-25-19(13)3-5-20-6-4-19/h10,14-15,20H,2-9,11-12H2,1H3/t14-,15-/m0/s1. The average molecular weight is 378 g/mol. The van der Waals surface area contributed by atoms with Crippen LogP contribution < -0.4 is 5.32 Å². The number of carbonyl (C=O) groups excluding carboxylic acids is 1. The molecular formula is C19H27N3O3S. The number of hydrogen-bond donors (Lipinski definition) is 1. The molecule has 0 aliphatic carbocycles. The fraction of sp³-hybridized carbons (Fsp3) is 0.737. The summed E-state index contributed by atoms with van der Waals surface area (Å²) in [6, 6.07) is 2.47. The number of amides is 1. The molecule has 1 amide bonds. The minimum absolute atomic E-state index is 0.159. The van der Waals surface area contributed by atoms with Crippen LogP contribution in [0.4, 0.5) is 0 Å². The first-order valence-corrected chi connectivity index (χ1v) is 10.6. The summed E-state index contributed by atoms with van der Waals surface area (Å²) in [4.78, 5) is 19.7. The Morgan fingerprint density at radius 1 is 1.31 bits per heavy atom. The first-order chi connectivity index (χ1) is 12.7. The number of likely N-dealkylation sites (N-methyl/N-ethyl adjacent to an activating group) is 1. The highest BCUT2D eigenvalue weighted by molar-refractivity contribution is 7.14. The van der Waals surface area contributed by atoms with Crippen LogP contribution in [0.2, 0.25) is 0 Å². The lowest BCUT2D eigenvalue weighted by molar-refractivity contribution is -0.0792. The quantitative estimate of drug-likeness (QED) is 0.793. The molecule has 6 nitrogen and oxygen atoms in total. The fourth-order valence-corrected chi connectivity index (χ4v) is 6.14. The lowest BCUT2D eigenvalue weighted by Gasteiger charge is -2.40. The van der Waals surface area contributed by atoms with E-state index in [9.17, 15) is 4.79 Å². The van der Waals surface area contributed by atoms with E-state index in [1.807, 2.05) is 4.90 Å². The number of hydrogen-bond acceptors (Lipinski definition) is 6. The zero-order valence-electron chi connectivity index (χ0n) is 15.3. The third-order valence-electron chi connectivity index (χ3n) is 6.50. The summed E-state index contributed by atoms with van der Waals surface area (Å²) in [5.74, 6) is 0.167. The van der Waals surface area contributed by atoms with Crippen LogP contribution >= 0.6 is 11.3 Å². The summed E-state index contributed by atoms with van der Waals surface area (Å²) in [7, 11) is 2.14. The first kappa shape index (κ1) is 17.1. The normalized spacial score (nSPS) is 31.0. The van der Waals surface area contributed by atoms with Gasteiger partial charge in [0.05, 0.1) is 35.8 Å². The van der Waals surface area contributed by atoms with Crippen LogP contribution in [0.25, 0.3) is 0 Å². The van der Waals surface area contributed by atoms with E-state index in [4.69, 9.17) is 9.47 Å². The second kappa shape index (κ2) is 6.56. The molecule has 0 radical (unpaired) electrons. The molecule has 142 valence electrons. The molecule has 4 aliphatic rings. The van der Waals surface area contributed by atoms with Crippen molar-refractivity contribution in [3.8, 4) is 0 Å². The van der Waals surface area contributed by atoms with Gasteiger partial charge in [-0.1, -0.05) is 0 Å². The maximum Gasteiger partial charge on any atom is 0.264 e. The number of thiophene rings is 1. The number of nitrogens with zero attached hydrogens (tertiary/aromatic N) is 2. The van der Waals surface area contributed by atoms with Gasteiger partial charge in [0, 0.05) is 30.9 Å². The molecule has 0 saturated carbocycles. The van der Waals surface area contributed by atoms with Gasteiger partial charge in [-0.05, 0) is 44.6 Å². The summed E-state index contributed by atoms with van der Waals surface area (Å²) < 4.78 is 12.2. The molecule has 7 heteroatoms. The molecule has 1 aromatic rings. The Bertz CT molecular complexity index is 700. The van der Waals surface area contributed by atoms with Crippen LogP contribution in [0.3, 0.4) is 0 Å². The van der Waals surface area contributed by atoms with E-state index < -0.39 is 0 Å². The molecule has 3 saturated heterocycles. The largest absolute Gasteiger partial charge is 0.373 e. The Labute approximate surface area is 158 Å².